The zero-order valence-electron chi connectivity index (χ0n) is 29.1. The highest BCUT2D eigenvalue weighted by molar-refractivity contribution is 6.04. The summed E-state index contributed by atoms with van der Waals surface area (Å²) in [7, 11) is 0. The zero-order chi connectivity index (χ0) is 35.7. The van der Waals surface area contributed by atoms with E-state index in [-0.39, 0.29) is 5.91 Å². The third kappa shape index (κ3) is 10.7. The van der Waals surface area contributed by atoms with Crippen molar-refractivity contribution < 1.29 is 23.9 Å². The van der Waals surface area contributed by atoms with Gasteiger partial charge in [-0.1, -0.05) is 32.0 Å². The first kappa shape index (κ1) is 37.8. The molecule has 14 nitrogen and oxygen atoms in total. The second-order valence-corrected chi connectivity index (χ2v) is 11.3. The Bertz CT molecular complexity index is 1650. The monoisotopic (exact) mass is 685 g/mol. The Morgan fingerprint density at radius 2 is 1.58 bits per heavy atom. The van der Waals surface area contributed by atoms with Crippen molar-refractivity contribution in [1.29, 1.82) is 0 Å². The number of rotatable bonds is 12. The zero-order valence-corrected chi connectivity index (χ0v) is 29.1. The van der Waals surface area contributed by atoms with Crippen LogP contribution in [0.1, 0.15) is 45.8 Å². The number of hydrogen-bond acceptors (Lipinski definition) is 12. The summed E-state index contributed by atoms with van der Waals surface area (Å²) in [5.41, 5.74) is 4.30. The molecule has 0 radical (unpaired) electrons. The quantitative estimate of drug-likeness (QED) is 0.183. The smallest absolute Gasteiger partial charge is 0.255 e. The molecule has 2 aliphatic rings. The molecular weight excluding hydrogens is 638 g/mol. The molecule has 0 unspecified atom stereocenters. The van der Waals surface area contributed by atoms with Gasteiger partial charge in [0.1, 0.15) is 31.0 Å². The van der Waals surface area contributed by atoms with Crippen molar-refractivity contribution in [3.63, 3.8) is 0 Å². The molecule has 6 rings (SSSR count). The number of carbonyl (C=O) groups is 3. The minimum atomic E-state index is -0.264. The van der Waals surface area contributed by atoms with E-state index in [0.29, 0.717) is 42.4 Å². The van der Waals surface area contributed by atoms with Gasteiger partial charge in [-0.25, -0.2) is 9.97 Å². The first-order valence-electron chi connectivity index (χ1n) is 16.8. The lowest BCUT2D eigenvalue weighted by atomic mass is 10.1. The topological polar surface area (TPSA) is 156 Å². The van der Waals surface area contributed by atoms with E-state index in [4.69, 9.17) is 19.4 Å². The van der Waals surface area contributed by atoms with Crippen molar-refractivity contribution in [2.75, 3.05) is 81.6 Å². The average Bonchev–Trinajstić information content (AvgIpc) is 3.57. The predicted molar refractivity (Wildman–Crippen MR) is 194 cm³/mol. The minimum Gasteiger partial charge on any atom is -0.379 e. The van der Waals surface area contributed by atoms with E-state index >= 15 is 0 Å². The Morgan fingerprint density at radius 1 is 0.900 bits per heavy atom. The van der Waals surface area contributed by atoms with Crippen molar-refractivity contribution in [2.24, 2.45) is 0 Å². The number of amides is 1. The number of carbonyl (C=O) groups excluding carboxylic acids is 3. The maximum Gasteiger partial charge on any atom is 0.255 e. The van der Waals surface area contributed by atoms with Gasteiger partial charge in [-0.2, -0.15) is 9.78 Å². The molecule has 1 amide bonds. The fourth-order valence-corrected chi connectivity index (χ4v) is 5.37. The number of morpholine rings is 2. The molecule has 0 atom stereocenters. The summed E-state index contributed by atoms with van der Waals surface area (Å²) in [6.07, 6.45) is 2.30. The SMILES string of the molecule is C=O.CC.Cc1ccc(NC(=O)c2ccc(C=O)cc2)cc1Nc1cc(CN2CCOCC2)nn1-c1cc(NCCN2CCOCC2)ncn1. The summed E-state index contributed by atoms with van der Waals surface area (Å²) < 4.78 is 12.8. The molecular formula is C36H47N9O5. The van der Waals surface area contributed by atoms with Crippen LogP contribution in [0, 0.1) is 6.92 Å². The summed E-state index contributed by atoms with van der Waals surface area (Å²) >= 11 is 0. The van der Waals surface area contributed by atoms with E-state index in [1.807, 2.05) is 57.9 Å². The van der Waals surface area contributed by atoms with Crippen LogP contribution in [-0.4, -0.2) is 114 Å². The molecule has 266 valence electrons. The highest BCUT2D eigenvalue weighted by Crippen LogP contribution is 2.27. The van der Waals surface area contributed by atoms with Gasteiger partial charge in [-0.05, 0) is 36.8 Å². The van der Waals surface area contributed by atoms with E-state index in [9.17, 15) is 9.59 Å². The standard InChI is InChI=1S/C33H39N9O4.C2H6.CH2O/c1-24-2-7-27(37-33(44)26-5-3-25(22-43)4-6-26)18-29(24)38-32-19-28(21-41-12-16-46-17-13-41)39-42(32)31-20-30(35-23-36-31)34-8-9-40-10-14-45-15-11-40;2*1-2/h2-7,18-20,22-23,38H,8-17,21H2,1H3,(H,37,44)(H,34,35,36);1-2H3;1H2. The number of aromatic nitrogens is 4. The van der Waals surface area contributed by atoms with Gasteiger partial charge in [-0.15, -0.1) is 0 Å². The van der Waals surface area contributed by atoms with Gasteiger partial charge in [-0.3, -0.25) is 19.4 Å². The van der Waals surface area contributed by atoms with Crippen molar-refractivity contribution in [2.45, 2.75) is 27.3 Å². The molecule has 14 heteroatoms. The third-order valence-corrected chi connectivity index (χ3v) is 8.02. The molecule has 4 heterocycles. The Morgan fingerprint density at radius 3 is 2.26 bits per heavy atom. The lowest BCUT2D eigenvalue weighted by molar-refractivity contribution is -0.0980. The number of ether oxygens (including phenoxy) is 2. The highest BCUT2D eigenvalue weighted by Gasteiger charge is 2.18. The summed E-state index contributed by atoms with van der Waals surface area (Å²) in [5.74, 6) is 1.81. The van der Waals surface area contributed by atoms with Crippen LogP contribution in [-0.2, 0) is 20.8 Å². The predicted octanol–water partition coefficient (Wildman–Crippen LogP) is 4.20. The van der Waals surface area contributed by atoms with Crippen LogP contribution in [0.5, 0.6) is 0 Å². The van der Waals surface area contributed by atoms with E-state index in [1.165, 1.54) is 0 Å². The minimum absolute atomic E-state index is 0.264. The lowest BCUT2D eigenvalue weighted by Gasteiger charge is -2.26. The molecule has 50 heavy (non-hydrogen) atoms. The summed E-state index contributed by atoms with van der Waals surface area (Å²) in [5, 5.41) is 14.9. The van der Waals surface area contributed by atoms with E-state index in [0.717, 1.165) is 87.3 Å². The lowest BCUT2D eigenvalue weighted by Crippen LogP contribution is -2.39. The summed E-state index contributed by atoms with van der Waals surface area (Å²) in [4.78, 5) is 45.6. The van der Waals surface area contributed by atoms with Crippen LogP contribution in [0.25, 0.3) is 5.82 Å². The highest BCUT2D eigenvalue weighted by atomic mass is 16.5. The number of benzene rings is 2. The van der Waals surface area contributed by atoms with E-state index in [1.54, 1.807) is 35.3 Å². The Labute approximate surface area is 293 Å². The number of anilines is 4. The molecule has 2 aromatic carbocycles. The normalized spacial score (nSPS) is 14.7. The van der Waals surface area contributed by atoms with Crippen LogP contribution in [0.15, 0.2) is 60.9 Å². The Balaban J connectivity index is 0.00000136. The van der Waals surface area contributed by atoms with Crippen LogP contribution >= 0.6 is 0 Å². The number of aldehydes is 1. The summed E-state index contributed by atoms with van der Waals surface area (Å²) in [6, 6.07) is 16.1. The van der Waals surface area contributed by atoms with Gasteiger partial charge in [0.15, 0.2) is 5.82 Å². The molecule has 2 fully saturated rings. The first-order valence-corrected chi connectivity index (χ1v) is 16.8. The van der Waals surface area contributed by atoms with Gasteiger partial charge in [0.25, 0.3) is 5.91 Å². The van der Waals surface area contributed by atoms with Gasteiger partial charge >= 0.3 is 0 Å². The molecule has 2 saturated heterocycles. The molecule has 3 N–H and O–H groups in total. The number of nitrogens with one attached hydrogen (secondary N) is 3. The van der Waals surface area contributed by atoms with Crippen LogP contribution < -0.4 is 16.0 Å². The van der Waals surface area contributed by atoms with Crippen LogP contribution in [0.4, 0.5) is 23.0 Å². The van der Waals surface area contributed by atoms with Gasteiger partial charge in [0.05, 0.1) is 32.1 Å². The van der Waals surface area contributed by atoms with Crippen molar-refractivity contribution in [1.82, 2.24) is 29.5 Å². The fourth-order valence-electron chi connectivity index (χ4n) is 5.37. The Kier molecular flexibility index (Phi) is 15.0. The summed E-state index contributed by atoms with van der Waals surface area (Å²) in [6.45, 7) is 16.8. The van der Waals surface area contributed by atoms with E-state index < -0.39 is 0 Å². The fraction of sp³-hybridized carbons (Fsp3) is 0.389. The third-order valence-electron chi connectivity index (χ3n) is 8.02. The first-order chi connectivity index (χ1) is 24.5. The molecule has 0 spiro atoms. The second kappa shape index (κ2) is 19.8. The maximum absolute atomic E-state index is 12.9. The molecule has 2 aliphatic heterocycles. The van der Waals surface area contributed by atoms with Gasteiger partial charge in [0, 0.05) is 80.4 Å². The number of nitrogens with zero attached hydrogens (tertiary/aromatic N) is 6. The largest absolute Gasteiger partial charge is 0.379 e. The van der Waals surface area contributed by atoms with Crippen molar-refractivity contribution in [3.05, 3.63) is 83.3 Å². The van der Waals surface area contributed by atoms with Gasteiger partial charge < -0.3 is 30.2 Å². The van der Waals surface area contributed by atoms with Crippen molar-refractivity contribution >= 4 is 42.0 Å². The number of hydrogen-bond donors (Lipinski definition) is 3. The molecule has 0 aliphatic carbocycles. The average molecular weight is 686 g/mol. The maximum atomic E-state index is 12.9. The van der Waals surface area contributed by atoms with Crippen LogP contribution in [0.3, 0.4) is 0 Å². The van der Waals surface area contributed by atoms with Crippen LogP contribution in [0.2, 0.25) is 0 Å². The molecule has 2 aromatic heterocycles. The Hall–Kier alpha value is -5.02. The number of aryl methyl sites for hydroxylation is 1. The molecule has 0 saturated carbocycles. The van der Waals surface area contributed by atoms with Crippen molar-refractivity contribution in [3.8, 4) is 5.82 Å². The second-order valence-electron chi connectivity index (χ2n) is 11.3. The van der Waals surface area contributed by atoms with E-state index in [2.05, 4.69) is 35.7 Å². The van der Waals surface area contributed by atoms with Gasteiger partial charge in [0.2, 0.25) is 0 Å². The molecule has 4 aromatic rings. The molecule has 0 bridgehead atoms.